The number of aryl methyl sites for hydroxylation is 1. The molecule has 3 N–H and O–H groups in total. The topological polar surface area (TPSA) is 83.9 Å². The number of rotatable bonds is 5. The van der Waals surface area contributed by atoms with Crippen LogP contribution in [0.4, 0.5) is 16.4 Å². The highest BCUT2D eigenvalue weighted by atomic mass is 16.2. The Bertz CT molecular complexity index is 709. The number of hydrogen-bond acceptors (Lipinski definition) is 4. The number of amides is 2. The van der Waals surface area contributed by atoms with Gasteiger partial charge < -0.3 is 10.6 Å². The fraction of sp³-hybridized carbons (Fsp3) is 0.471. The lowest BCUT2D eigenvalue weighted by Gasteiger charge is -2.17. The van der Waals surface area contributed by atoms with Crippen molar-refractivity contribution in [2.45, 2.75) is 39.2 Å². The third-order valence-corrected chi connectivity index (χ3v) is 4.02. The van der Waals surface area contributed by atoms with E-state index in [1.54, 1.807) is 16.9 Å². The van der Waals surface area contributed by atoms with E-state index < -0.39 is 0 Å². The highest BCUT2D eigenvalue weighted by Crippen LogP contribution is 2.19. The Kier molecular flexibility index (Phi) is 4.98. The number of fused-ring (bicyclic) bond motifs is 1. The van der Waals surface area contributed by atoms with E-state index >= 15 is 0 Å². The Morgan fingerprint density at radius 3 is 3.08 bits per heavy atom. The molecule has 0 saturated heterocycles. The van der Waals surface area contributed by atoms with Crippen LogP contribution < -0.4 is 16.0 Å². The van der Waals surface area contributed by atoms with Gasteiger partial charge in [0, 0.05) is 37.3 Å². The zero-order valence-corrected chi connectivity index (χ0v) is 14.2. The number of carbonyl (C=O) groups is 1. The van der Waals surface area contributed by atoms with Crippen molar-refractivity contribution >= 4 is 17.7 Å². The van der Waals surface area contributed by atoms with Crippen molar-refractivity contribution in [3.05, 3.63) is 35.7 Å². The molecule has 2 amide bonds. The van der Waals surface area contributed by atoms with E-state index in [2.05, 4.69) is 32.1 Å². The van der Waals surface area contributed by atoms with Gasteiger partial charge in [-0.15, -0.1) is 0 Å². The van der Waals surface area contributed by atoms with Crippen LogP contribution in [0.5, 0.6) is 0 Å². The summed E-state index contributed by atoms with van der Waals surface area (Å²) < 4.78 is 1.77. The summed E-state index contributed by atoms with van der Waals surface area (Å²) in [5, 5.41) is 13.2. The first-order valence-electron chi connectivity index (χ1n) is 8.44. The molecular formula is C17H24N6O. The maximum atomic E-state index is 12.0. The number of carbonyl (C=O) groups excluding carboxylic acids is 1. The van der Waals surface area contributed by atoms with E-state index in [0.29, 0.717) is 18.8 Å². The van der Waals surface area contributed by atoms with Crippen LogP contribution in [-0.4, -0.2) is 33.9 Å². The molecule has 2 aromatic rings. The summed E-state index contributed by atoms with van der Waals surface area (Å²) in [5.41, 5.74) is 2.26. The fourth-order valence-corrected chi connectivity index (χ4v) is 2.80. The number of urea groups is 1. The average molecular weight is 328 g/mol. The van der Waals surface area contributed by atoms with Gasteiger partial charge in [0.05, 0.1) is 6.20 Å². The molecule has 0 fully saturated rings. The lowest BCUT2D eigenvalue weighted by molar-refractivity contribution is 0.252. The van der Waals surface area contributed by atoms with Crippen LogP contribution in [0.2, 0.25) is 0 Å². The molecule has 0 radical (unpaired) electrons. The van der Waals surface area contributed by atoms with Gasteiger partial charge in [0.2, 0.25) is 0 Å². The van der Waals surface area contributed by atoms with Crippen molar-refractivity contribution in [1.29, 1.82) is 0 Å². The van der Waals surface area contributed by atoms with Crippen LogP contribution in [0, 0.1) is 0 Å². The average Bonchev–Trinajstić information content (AvgIpc) is 3.03. The van der Waals surface area contributed by atoms with Gasteiger partial charge in [-0.1, -0.05) is 6.07 Å². The number of nitrogens with one attached hydrogen (secondary N) is 3. The van der Waals surface area contributed by atoms with Gasteiger partial charge in [-0.05, 0) is 38.3 Å². The summed E-state index contributed by atoms with van der Waals surface area (Å²) in [7, 11) is 0. The first-order valence-corrected chi connectivity index (χ1v) is 8.44. The predicted octanol–water partition coefficient (Wildman–Crippen LogP) is 2.58. The molecule has 7 heteroatoms. The quantitative estimate of drug-likeness (QED) is 0.788. The van der Waals surface area contributed by atoms with E-state index in [0.717, 1.165) is 30.9 Å². The molecule has 0 aliphatic carbocycles. The number of anilines is 2. The second-order valence-corrected chi connectivity index (χ2v) is 6.23. The molecule has 2 aromatic heterocycles. The molecule has 128 valence electrons. The Morgan fingerprint density at radius 1 is 1.38 bits per heavy atom. The third kappa shape index (κ3) is 3.84. The van der Waals surface area contributed by atoms with Crippen molar-refractivity contribution in [3.8, 4) is 0 Å². The Balaban J connectivity index is 1.49. The normalized spacial score (nSPS) is 13.3. The Labute approximate surface area is 141 Å². The Morgan fingerprint density at radius 2 is 2.25 bits per heavy atom. The number of nitrogens with zero attached hydrogens (tertiary/aromatic N) is 3. The molecule has 24 heavy (non-hydrogen) atoms. The van der Waals surface area contributed by atoms with E-state index in [-0.39, 0.29) is 12.1 Å². The second-order valence-electron chi connectivity index (χ2n) is 6.23. The molecule has 0 atom stereocenters. The molecule has 7 nitrogen and oxygen atoms in total. The minimum Gasteiger partial charge on any atom is -0.370 e. The van der Waals surface area contributed by atoms with Crippen LogP contribution in [-0.2, 0) is 12.8 Å². The van der Waals surface area contributed by atoms with Crippen LogP contribution in [0.15, 0.2) is 24.4 Å². The van der Waals surface area contributed by atoms with Crippen molar-refractivity contribution in [2.75, 3.05) is 23.7 Å². The van der Waals surface area contributed by atoms with Crippen molar-refractivity contribution < 1.29 is 4.79 Å². The SMILES string of the molecule is CC(C)n1nccc1NC(=O)NCCc1ccc2c(n1)NCCC2. The van der Waals surface area contributed by atoms with Gasteiger partial charge in [-0.25, -0.2) is 14.5 Å². The number of aromatic nitrogens is 3. The highest BCUT2D eigenvalue weighted by Gasteiger charge is 2.11. The maximum absolute atomic E-state index is 12.0. The monoisotopic (exact) mass is 328 g/mol. The molecule has 1 aliphatic heterocycles. The Hall–Kier alpha value is -2.57. The molecule has 0 unspecified atom stereocenters. The summed E-state index contributed by atoms with van der Waals surface area (Å²) >= 11 is 0. The van der Waals surface area contributed by atoms with Gasteiger partial charge >= 0.3 is 6.03 Å². The minimum atomic E-state index is -0.228. The van der Waals surface area contributed by atoms with Crippen LogP contribution >= 0.6 is 0 Å². The summed E-state index contributed by atoms with van der Waals surface area (Å²) in [6, 6.07) is 5.93. The summed E-state index contributed by atoms with van der Waals surface area (Å²) in [6.45, 7) is 5.55. The van der Waals surface area contributed by atoms with Crippen LogP contribution in [0.1, 0.15) is 37.6 Å². The van der Waals surface area contributed by atoms with E-state index in [4.69, 9.17) is 0 Å². The lowest BCUT2D eigenvalue weighted by atomic mass is 10.1. The standard InChI is InChI=1S/C17H24N6O/c1-12(2)23-15(8-11-20-23)22-17(24)19-10-7-14-6-5-13-4-3-9-18-16(13)21-14/h5-6,8,11-12H,3-4,7,9-10H2,1-2H3,(H,18,21)(H2,19,22,24). The van der Waals surface area contributed by atoms with Crippen LogP contribution in [0.3, 0.4) is 0 Å². The van der Waals surface area contributed by atoms with E-state index in [1.165, 1.54) is 5.56 Å². The van der Waals surface area contributed by atoms with Gasteiger partial charge in [-0.2, -0.15) is 5.10 Å². The summed E-state index contributed by atoms with van der Waals surface area (Å²) in [5.74, 6) is 1.68. The third-order valence-electron chi connectivity index (χ3n) is 4.02. The predicted molar refractivity (Wildman–Crippen MR) is 94.4 cm³/mol. The molecule has 0 spiro atoms. The zero-order chi connectivity index (χ0) is 16.9. The van der Waals surface area contributed by atoms with Gasteiger partial charge in [-0.3, -0.25) is 5.32 Å². The first kappa shape index (κ1) is 16.3. The van der Waals surface area contributed by atoms with Crippen LogP contribution in [0.25, 0.3) is 0 Å². The van der Waals surface area contributed by atoms with Crippen molar-refractivity contribution in [1.82, 2.24) is 20.1 Å². The molecule has 0 saturated carbocycles. The lowest BCUT2D eigenvalue weighted by Crippen LogP contribution is -2.31. The van der Waals surface area contributed by atoms with E-state index in [1.807, 2.05) is 19.9 Å². The van der Waals surface area contributed by atoms with Gasteiger partial charge in [0.1, 0.15) is 11.6 Å². The summed E-state index contributed by atoms with van der Waals surface area (Å²) in [6.07, 6.45) is 4.62. The molecule has 3 rings (SSSR count). The largest absolute Gasteiger partial charge is 0.370 e. The number of pyridine rings is 1. The first-order chi connectivity index (χ1) is 11.6. The summed E-state index contributed by atoms with van der Waals surface area (Å²) in [4.78, 5) is 16.6. The second kappa shape index (κ2) is 7.33. The maximum Gasteiger partial charge on any atom is 0.320 e. The zero-order valence-electron chi connectivity index (χ0n) is 14.2. The van der Waals surface area contributed by atoms with Gasteiger partial charge in [0.25, 0.3) is 0 Å². The number of hydrogen-bond donors (Lipinski definition) is 3. The minimum absolute atomic E-state index is 0.197. The molecule has 0 bridgehead atoms. The molecule has 0 aromatic carbocycles. The molecule has 1 aliphatic rings. The van der Waals surface area contributed by atoms with Crippen molar-refractivity contribution in [2.24, 2.45) is 0 Å². The smallest absolute Gasteiger partial charge is 0.320 e. The molecular weight excluding hydrogens is 304 g/mol. The molecule has 3 heterocycles. The van der Waals surface area contributed by atoms with Crippen molar-refractivity contribution in [3.63, 3.8) is 0 Å². The van der Waals surface area contributed by atoms with E-state index in [9.17, 15) is 4.79 Å². The fourth-order valence-electron chi connectivity index (χ4n) is 2.80. The highest BCUT2D eigenvalue weighted by molar-refractivity contribution is 5.88. The van der Waals surface area contributed by atoms with Gasteiger partial charge in [0.15, 0.2) is 0 Å².